The van der Waals surface area contributed by atoms with E-state index < -0.39 is 36.3 Å². The molecule has 2 aliphatic heterocycles. The van der Waals surface area contributed by atoms with Crippen molar-refractivity contribution in [3.05, 3.63) is 94.0 Å². The van der Waals surface area contributed by atoms with Gasteiger partial charge in [0.05, 0.1) is 24.2 Å². The molecule has 2 heterocycles. The fourth-order valence-electron chi connectivity index (χ4n) is 13.3. The molecule has 0 aromatic heterocycles. The van der Waals surface area contributed by atoms with E-state index in [4.69, 9.17) is 9.47 Å². The van der Waals surface area contributed by atoms with Gasteiger partial charge in [-0.1, -0.05) is 87.1 Å². The van der Waals surface area contributed by atoms with Gasteiger partial charge in [-0.3, -0.25) is 28.8 Å². The van der Waals surface area contributed by atoms with Gasteiger partial charge >= 0.3 is 0 Å². The number of carbonyl (C=O) groups excluding carboxylic acids is 6. The van der Waals surface area contributed by atoms with E-state index in [0.717, 1.165) is 160 Å². The van der Waals surface area contributed by atoms with E-state index >= 15 is 0 Å². The Morgan fingerprint density at radius 2 is 0.897 bits per heavy atom. The zero-order valence-corrected chi connectivity index (χ0v) is 46.7. The number of nitrogens with one attached hydrogen (secondary N) is 6. The van der Waals surface area contributed by atoms with Gasteiger partial charge in [0.1, 0.15) is 48.9 Å². The Hall–Kier alpha value is -6.00. The summed E-state index contributed by atoms with van der Waals surface area (Å²) in [5.74, 6) is 0.759. The van der Waals surface area contributed by atoms with Gasteiger partial charge in [0.2, 0.25) is 35.4 Å². The summed E-state index contributed by atoms with van der Waals surface area (Å²) in [6.45, 7) is 5.33. The third-order valence-corrected chi connectivity index (χ3v) is 18.1. The van der Waals surface area contributed by atoms with Crippen LogP contribution in [0.15, 0.2) is 60.7 Å². The SMILES string of the molecule is CN[C@@H](C)C(=O)NC(C(=O)N1CCC[C@H]1C(=O)N[C@@H]1CCCc2c(OCc3ccc(COc4cccc5c4CCC[C@H]5NC(=O)[C@@H]4CCCN4C(=O)[C@@H](NC(=O)[C@H](C)NC)C4CCCCC4)cc3)cccc21)C1CCCCC1. The Balaban J connectivity index is 0.782. The summed E-state index contributed by atoms with van der Waals surface area (Å²) in [4.78, 5) is 86.6. The molecular weight excluding hydrogens is 985 g/mol. The van der Waals surface area contributed by atoms with Crippen molar-refractivity contribution in [2.75, 3.05) is 27.2 Å². The third kappa shape index (κ3) is 13.4. The smallest absolute Gasteiger partial charge is 0.246 e. The number of carbonyl (C=O) groups is 6. The summed E-state index contributed by atoms with van der Waals surface area (Å²) in [6, 6.07) is 16.7. The van der Waals surface area contributed by atoms with E-state index in [2.05, 4.69) is 68.3 Å². The third-order valence-electron chi connectivity index (χ3n) is 18.1. The van der Waals surface area contributed by atoms with Crippen LogP contribution >= 0.6 is 0 Å². The number of nitrogens with zero attached hydrogens (tertiary/aromatic N) is 2. The van der Waals surface area contributed by atoms with Gasteiger partial charge in [-0.2, -0.15) is 0 Å². The van der Waals surface area contributed by atoms with Crippen molar-refractivity contribution in [2.24, 2.45) is 11.8 Å². The van der Waals surface area contributed by atoms with E-state index in [9.17, 15) is 28.8 Å². The van der Waals surface area contributed by atoms with Crippen molar-refractivity contribution in [3.8, 4) is 11.5 Å². The second kappa shape index (κ2) is 26.8. The molecule has 1 unspecified atom stereocenters. The molecule has 78 heavy (non-hydrogen) atoms. The zero-order valence-electron chi connectivity index (χ0n) is 46.7. The highest BCUT2D eigenvalue weighted by Gasteiger charge is 2.44. The largest absolute Gasteiger partial charge is 0.489 e. The summed E-state index contributed by atoms with van der Waals surface area (Å²) in [5, 5.41) is 18.8. The fourth-order valence-corrected chi connectivity index (χ4v) is 13.3. The molecule has 9 rings (SSSR count). The lowest BCUT2D eigenvalue weighted by molar-refractivity contribution is -0.143. The van der Waals surface area contributed by atoms with Crippen LogP contribution in [0, 0.1) is 11.8 Å². The summed E-state index contributed by atoms with van der Waals surface area (Å²) in [7, 11) is 3.47. The maximum Gasteiger partial charge on any atom is 0.246 e. The zero-order chi connectivity index (χ0) is 54.7. The Morgan fingerprint density at radius 3 is 1.28 bits per heavy atom. The number of likely N-dealkylation sites (N-methyl/N-ethyl adjacent to an activating group) is 2. The van der Waals surface area contributed by atoms with Crippen molar-refractivity contribution in [1.82, 2.24) is 41.7 Å². The summed E-state index contributed by atoms with van der Waals surface area (Å²) >= 11 is 0. The highest BCUT2D eigenvalue weighted by atomic mass is 16.5. The first-order valence-electron chi connectivity index (χ1n) is 29.7. The van der Waals surface area contributed by atoms with Gasteiger partial charge in [0, 0.05) is 13.1 Å². The molecule has 2 saturated carbocycles. The lowest BCUT2D eigenvalue weighted by Crippen LogP contribution is -2.58. The predicted octanol–water partition coefficient (Wildman–Crippen LogP) is 7.16. The van der Waals surface area contributed by atoms with Crippen LogP contribution in [0.25, 0.3) is 0 Å². The number of fused-ring (bicyclic) bond motifs is 2. The molecule has 3 aromatic carbocycles. The molecule has 422 valence electrons. The molecule has 2 saturated heterocycles. The highest BCUT2D eigenvalue weighted by molar-refractivity contribution is 5.95. The number of benzene rings is 3. The lowest BCUT2D eigenvalue weighted by atomic mass is 9.83. The van der Waals surface area contributed by atoms with Crippen LogP contribution in [-0.4, -0.2) is 109 Å². The first kappa shape index (κ1) is 56.7. The van der Waals surface area contributed by atoms with Gasteiger partial charge in [-0.25, -0.2) is 0 Å². The van der Waals surface area contributed by atoms with Crippen LogP contribution in [0.2, 0.25) is 0 Å². The Morgan fingerprint density at radius 1 is 0.500 bits per heavy atom. The summed E-state index contributed by atoms with van der Waals surface area (Å²) < 4.78 is 13.0. The average Bonchev–Trinajstić information content (AvgIpc) is 4.23. The number of hydrogen-bond donors (Lipinski definition) is 6. The van der Waals surface area contributed by atoms with Crippen LogP contribution in [0.4, 0.5) is 0 Å². The maximum atomic E-state index is 14.3. The summed E-state index contributed by atoms with van der Waals surface area (Å²) in [6.07, 6.45) is 17.7. The quantitative estimate of drug-likeness (QED) is 0.0675. The monoisotopic (exact) mass is 1070 g/mol. The standard InChI is InChI=1S/C62H86N8O8/c1-39(63-3)57(71)67-55(43-17-7-5-8-18-43)61(75)69-35-15-27-51(69)59(73)65-49-25-11-23-47-45(49)21-13-29-53(47)77-37-41-31-33-42(34-32-41)38-78-54-30-14-22-46-48(54)24-12-26-50(46)66-60(74)52-28-16-36-70(52)62(76)56(44-19-9-6-10-20-44)68-58(72)40(2)64-4/h13-14,21-22,29-34,39-40,43-44,49-52,55-56,63-64H,5-12,15-20,23-28,35-38H2,1-4H3,(H,65,73)(H,66,74)(H,67,71)(H,68,72)/t39-,40-,49+,50+,51-,52-,55-,56?/m0/s1. The highest BCUT2D eigenvalue weighted by Crippen LogP contribution is 2.39. The molecule has 16 nitrogen and oxygen atoms in total. The molecule has 6 amide bonds. The van der Waals surface area contributed by atoms with Crippen LogP contribution in [0.3, 0.4) is 0 Å². The number of likely N-dealkylation sites (tertiary alicyclic amines) is 2. The second-order valence-electron chi connectivity index (χ2n) is 23.1. The van der Waals surface area contributed by atoms with E-state index in [0.29, 0.717) is 39.1 Å². The van der Waals surface area contributed by atoms with Crippen molar-refractivity contribution in [3.63, 3.8) is 0 Å². The Bertz CT molecular complexity index is 2410. The minimum atomic E-state index is -0.642. The molecular formula is C62H86N8O8. The average molecular weight is 1070 g/mol. The van der Waals surface area contributed by atoms with Crippen molar-refractivity contribution < 1.29 is 38.2 Å². The molecule has 6 aliphatic rings. The predicted molar refractivity (Wildman–Crippen MR) is 299 cm³/mol. The first-order chi connectivity index (χ1) is 37.9. The van der Waals surface area contributed by atoms with Gasteiger partial charge in [-0.05, 0) is 175 Å². The van der Waals surface area contributed by atoms with E-state index in [-0.39, 0.29) is 59.4 Å². The molecule has 4 fully saturated rings. The van der Waals surface area contributed by atoms with Crippen molar-refractivity contribution in [2.45, 2.75) is 204 Å². The normalized spacial score (nSPS) is 23.2. The van der Waals surface area contributed by atoms with E-state index in [1.807, 2.05) is 24.3 Å². The molecule has 0 radical (unpaired) electrons. The minimum absolute atomic E-state index is 0.0574. The van der Waals surface area contributed by atoms with Crippen LogP contribution in [0.5, 0.6) is 11.5 Å². The Labute approximate surface area is 462 Å². The number of hydrogen-bond acceptors (Lipinski definition) is 10. The molecule has 0 spiro atoms. The van der Waals surface area contributed by atoms with Gasteiger partial charge in [0.25, 0.3) is 0 Å². The van der Waals surface area contributed by atoms with Crippen LogP contribution in [-0.2, 0) is 54.8 Å². The van der Waals surface area contributed by atoms with Gasteiger partial charge < -0.3 is 51.2 Å². The Kier molecular flexibility index (Phi) is 19.5. The number of amides is 6. The van der Waals surface area contributed by atoms with Crippen molar-refractivity contribution in [1.29, 1.82) is 0 Å². The minimum Gasteiger partial charge on any atom is -0.489 e. The number of rotatable bonds is 20. The summed E-state index contributed by atoms with van der Waals surface area (Å²) in [5.41, 5.74) is 6.33. The molecule has 6 N–H and O–H groups in total. The molecule has 0 bridgehead atoms. The maximum absolute atomic E-state index is 14.3. The molecule has 3 aromatic rings. The molecule has 16 heteroatoms. The first-order valence-corrected chi connectivity index (χ1v) is 29.7. The molecule has 4 aliphatic carbocycles. The van der Waals surface area contributed by atoms with Crippen LogP contribution < -0.4 is 41.4 Å². The van der Waals surface area contributed by atoms with Gasteiger partial charge in [-0.15, -0.1) is 0 Å². The molecule has 8 atom stereocenters. The van der Waals surface area contributed by atoms with Crippen molar-refractivity contribution >= 4 is 35.4 Å². The van der Waals surface area contributed by atoms with E-state index in [1.54, 1.807) is 37.7 Å². The van der Waals surface area contributed by atoms with E-state index in [1.165, 1.54) is 0 Å². The van der Waals surface area contributed by atoms with Gasteiger partial charge in [0.15, 0.2) is 0 Å². The topological polar surface area (TPSA) is 200 Å². The lowest BCUT2D eigenvalue weighted by Gasteiger charge is -2.36. The number of ether oxygens (including phenoxy) is 2. The fraction of sp³-hybridized carbons (Fsp3) is 0.613. The van der Waals surface area contributed by atoms with Crippen LogP contribution in [0.1, 0.15) is 175 Å². The second-order valence-corrected chi connectivity index (χ2v) is 23.1.